The number of carbonyl (C=O) groups excluding carboxylic acids is 3. The number of fused-ring (bicyclic) bond motifs is 7. The minimum absolute atomic E-state index is 0.0180. The van der Waals surface area contributed by atoms with E-state index >= 15 is 0 Å². The van der Waals surface area contributed by atoms with Gasteiger partial charge in [0.05, 0.1) is 5.41 Å². The van der Waals surface area contributed by atoms with E-state index in [0.717, 1.165) is 67.2 Å². The van der Waals surface area contributed by atoms with E-state index in [2.05, 4.69) is 47.3 Å². The van der Waals surface area contributed by atoms with E-state index < -0.39 is 34.8 Å². The largest absolute Gasteiger partial charge is 0.481 e. The number of hydrogen-bond acceptors (Lipinski definition) is 6. The molecule has 3 fully saturated rings. The van der Waals surface area contributed by atoms with Gasteiger partial charge < -0.3 is 14.6 Å². The molecule has 7 rings (SSSR count). The number of benzene rings is 1. The molecule has 7 atom stereocenters. The number of Topliss-reactive ketones (excluding diaryl/α,β-unsaturated/α-hetero) is 1. The maximum Gasteiger partial charge on any atom is 0.326 e. The van der Waals surface area contributed by atoms with E-state index in [1.54, 1.807) is 0 Å². The smallest absolute Gasteiger partial charge is 0.326 e. The molecule has 0 radical (unpaired) electrons. The Hall–Kier alpha value is -3.22. The average molecular weight is 671 g/mol. The van der Waals surface area contributed by atoms with Crippen LogP contribution in [0.3, 0.4) is 0 Å². The molecule has 1 N–H and O–H groups in total. The molecule has 5 aliphatic carbocycles. The van der Waals surface area contributed by atoms with Crippen LogP contribution in [-0.4, -0.2) is 28.8 Å². The van der Waals surface area contributed by atoms with Crippen molar-refractivity contribution < 1.29 is 33.8 Å². The third-order valence-corrected chi connectivity index (χ3v) is 14.9. The monoisotopic (exact) mass is 670 g/mol. The van der Waals surface area contributed by atoms with Crippen molar-refractivity contribution in [2.24, 2.45) is 34.0 Å². The first-order valence-electron chi connectivity index (χ1n) is 18.6. The number of carboxylic acids is 1. The highest BCUT2D eigenvalue weighted by molar-refractivity contribution is 6.04. The summed E-state index contributed by atoms with van der Waals surface area (Å²) in [7, 11) is 0. The second-order valence-electron chi connectivity index (χ2n) is 18.1. The van der Waals surface area contributed by atoms with E-state index in [9.17, 15) is 24.3 Å². The molecule has 0 amide bonds. The summed E-state index contributed by atoms with van der Waals surface area (Å²) in [6.45, 7) is 19.1. The number of carbonyl (C=O) groups is 4. The van der Waals surface area contributed by atoms with Gasteiger partial charge in [-0.1, -0.05) is 65.7 Å². The van der Waals surface area contributed by atoms with Crippen LogP contribution >= 0.6 is 0 Å². The van der Waals surface area contributed by atoms with Crippen molar-refractivity contribution in [3.63, 3.8) is 0 Å². The van der Waals surface area contributed by atoms with Crippen molar-refractivity contribution in [3.8, 4) is 5.75 Å². The third-order valence-electron chi connectivity index (χ3n) is 14.9. The van der Waals surface area contributed by atoms with Crippen molar-refractivity contribution in [2.45, 2.75) is 142 Å². The standard InChI is InChI=1S/C42H54O7/c1-23-11-14-32-38(4,5)17-10-19-41(32,36(45)46)27(23)21-28-24(2)29(44)15-20-42(28)35-30(49-37(42)47)13-12-26-34(35)31(48-25(3)43)22-33-39(6,7)16-9-18-40(26,33)8/h12-13,27,31-33H,1,9-11,14-22H2,2-8H3,(H,45,46)/t27-,31-,32+,33-,40+,41-,42-/m0/s1. The maximum atomic E-state index is 14.7. The molecule has 1 heterocycles. The Morgan fingerprint density at radius 3 is 2.31 bits per heavy atom. The molecule has 49 heavy (non-hydrogen) atoms. The number of ether oxygens (including phenoxy) is 2. The molecule has 0 unspecified atom stereocenters. The van der Waals surface area contributed by atoms with Gasteiger partial charge in [0.25, 0.3) is 0 Å². The lowest BCUT2D eigenvalue weighted by Gasteiger charge is -2.57. The van der Waals surface area contributed by atoms with E-state index in [1.165, 1.54) is 6.92 Å². The normalized spacial score (nSPS) is 37.5. The fourth-order valence-corrected chi connectivity index (χ4v) is 12.6. The van der Waals surface area contributed by atoms with Crippen molar-refractivity contribution in [3.05, 3.63) is 52.1 Å². The summed E-state index contributed by atoms with van der Waals surface area (Å²) in [6, 6.07) is 4.01. The number of hydrogen-bond donors (Lipinski definition) is 1. The average Bonchev–Trinajstić information content (AvgIpc) is 3.29. The number of carboxylic acid groups (broad SMARTS) is 1. The quantitative estimate of drug-likeness (QED) is 0.194. The molecule has 7 heteroatoms. The Bertz CT molecular complexity index is 1710. The molecule has 1 aromatic rings. The van der Waals surface area contributed by atoms with Crippen LogP contribution in [0, 0.1) is 34.0 Å². The van der Waals surface area contributed by atoms with Gasteiger partial charge >= 0.3 is 17.9 Å². The second kappa shape index (κ2) is 11.1. The number of allylic oxidation sites excluding steroid dienone is 2. The second-order valence-corrected chi connectivity index (χ2v) is 18.1. The molecular weight excluding hydrogens is 616 g/mol. The molecule has 1 aromatic carbocycles. The van der Waals surface area contributed by atoms with Gasteiger partial charge in [0.2, 0.25) is 0 Å². The third kappa shape index (κ3) is 4.65. The Labute approximate surface area is 291 Å². The lowest BCUT2D eigenvalue weighted by Crippen LogP contribution is -2.56. The van der Waals surface area contributed by atoms with Crippen LogP contribution < -0.4 is 4.74 Å². The van der Waals surface area contributed by atoms with E-state index in [1.807, 2.05) is 13.0 Å². The zero-order valence-corrected chi connectivity index (χ0v) is 30.6. The molecule has 0 saturated heterocycles. The van der Waals surface area contributed by atoms with Crippen LogP contribution in [0.25, 0.3) is 0 Å². The van der Waals surface area contributed by atoms with Gasteiger partial charge in [0.15, 0.2) is 5.78 Å². The van der Waals surface area contributed by atoms with Crippen LogP contribution in [0.2, 0.25) is 0 Å². The van der Waals surface area contributed by atoms with Gasteiger partial charge in [-0.3, -0.25) is 19.2 Å². The minimum Gasteiger partial charge on any atom is -0.481 e. The van der Waals surface area contributed by atoms with Crippen LogP contribution in [0.4, 0.5) is 0 Å². The highest BCUT2D eigenvalue weighted by Crippen LogP contribution is 2.67. The van der Waals surface area contributed by atoms with Crippen LogP contribution in [0.1, 0.15) is 148 Å². The summed E-state index contributed by atoms with van der Waals surface area (Å²) in [5, 5.41) is 11.2. The van der Waals surface area contributed by atoms with Gasteiger partial charge in [-0.25, -0.2) is 0 Å². The molecular formula is C42H54O7. The molecule has 0 aromatic heterocycles. The minimum atomic E-state index is -1.28. The number of ketones is 1. The molecule has 264 valence electrons. The molecule has 7 nitrogen and oxygen atoms in total. The first-order chi connectivity index (χ1) is 22.9. The van der Waals surface area contributed by atoms with Gasteiger partial charge in [0.1, 0.15) is 17.3 Å². The summed E-state index contributed by atoms with van der Waals surface area (Å²) in [6.07, 6.45) is 7.74. The number of esters is 2. The highest BCUT2D eigenvalue weighted by Gasteiger charge is 2.64. The maximum absolute atomic E-state index is 14.7. The number of aliphatic carboxylic acids is 1. The van der Waals surface area contributed by atoms with E-state index in [0.29, 0.717) is 29.7 Å². The summed E-state index contributed by atoms with van der Waals surface area (Å²) < 4.78 is 12.4. The first-order valence-corrected chi connectivity index (χ1v) is 18.6. The van der Waals surface area contributed by atoms with E-state index in [4.69, 9.17) is 9.47 Å². The van der Waals surface area contributed by atoms with Crippen LogP contribution in [0.15, 0.2) is 35.4 Å². The van der Waals surface area contributed by atoms with Crippen LogP contribution in [0.5, 0.6) is 5.75 Å². The highest BCUT2D eigenvalue weighted by atomic mass is 16.5. The van der Waals surface area contributed by atoms with Crippen molar-refractivity contribution in [1.82, 2.24) is 0 Å². The summed E-state index contributed by atoms with van der Waals surface area (Å²) in [5.74, 6) is -1.36. The SMILES string of the molecule is C=C1CC[C@@H]2C(C)(C)CCC[C@]2(C(=O)O)[C@H]1CC1=C(C)C(=O)CC[C@]12C(=O)Oc1ccc3c(c12)[C@@H](OC(C)=O)C[C@H]1C(C)(C)CCC[C@]31C. The van der Waals surface area contributed by atoms with Gasteiger partial charge in [0, 0.05) is 24.5 Å². The van der Waals surface area contributed by atoms with Crippen LogP contribution in [-0.2, 0) is 34.7 Å². The molecule has 1 aliphatic heterocycles. The Kier molecular flexibility index (Phi) is 7.78. The molecule has 0 bridgehead atoms. The lowest BCUT2D eigenvalue weighted by atomic mass is 9.45. The zero-order valence-electron chi connectivity index (χ0n) is 30.6. The molecule has 6 aliphatic rings. The number of rotatable bonds is 4. The predicted octanol–water partition coefficient (Wildman–Crippen LogP) is 8.87. The topological polar surface area (TPSA) is 107 Å². The Morgan fingerprint density at radius 1 is 0.959 bits per heavy atom. The Balaban J connectivity index is 1.45. The molecule has 3 saturated carbocycles. The van der Waals surface area contributed by atoms with Crippen molar-refractivity contribution in [1.29, 1.82) is 0 Å². The van der Waals surface area contributed by atoms with Crippen molar-refractivity contribution >= 4 is 23.7 Å². The first kappa shape index (κ1) is 34.2. The van der Waals surface area contributed by atoms with Gasteiger partial charge in [-0.05, 0) is 121 Å². The predicted molar refractivity (Wildman–Crippen MR) is 186 cm³/mol. The molecule has 1 spiro atoms. The zero-order chi connectivity index (χ0) is 35.5. The van der Waals surface area contributed by atoms with E-state index in [-0.39, 0.29) is 59.1 Å². The van der Waals surface area contributed by atoms with Gasteiger partial charge in [-0.15, -0.1) is 0 Å². The summed E-state index contributed by atoms with van der Waals surface area (Å²) >= 11 is 0. The fourth-order valence-electron chi connectivity index (χ4n) is 12.6. The van der Waals surface area contributed by atoms with Crippen molar-refractivity contribution in [2.75, 3.05) is 0 Å². The lowest BCUT2D eigenvalue weighted by molar-refractivity contribution is -0.170. The summed E-state index contributed by atoms with van der Waals surface area (Å²) in [5.41, 5.74) is 2.15. The Morgan fingerprint density at radius 2 is 1.63 bits per heavy atom. The van der Waals surface area contributed by atoms with Gasteiger partial charge in [-0.2, -0.15) is 0 Å². The summed E-state index contributed by atoms with van der Waals surface area (Å²) in [4.78, 5) is 54.7. The fraction of sp³-hybridized carbons (Fsp3) is 0.667.